The Hall–Kier alpha value is -1.73. The summed E-state index contributed by atoms with van der Waals surface area (Å²) in [5.74, 6) is -0.367. The predicted molar refractivity (Wildman–Crippen MR) is 89.3 cm³/mol. The molecule has 2 aromatic heterocycles. The van der Waals surface area contributed by atoms with Gasteiger partial charge < -0.3 is 10.1 Å². The van der Waals surface area contributed by atoms with E-state index < -0.39 is 0 Å². The number of hydrogen-bond acceptors (Lipinski definition) is 5. The molecule has 1 aliphatic carbocycles. The number of nitrogens with zero attached hydrogens (tertiary/aromatic N) is 2. The summed E-state index contributed by atoms with van der Waals surface area (Å²) in [5, 5.41) is 2.95. The number of thiazole rings is 1. The van der Waals surface area contributed by atoms with Gasteiger partial charge in [-0.2, -0.15) is 0 Å². The van der Waals surface area contributed by atoms with Crippen molar-refractivity contribution in [3.63, 3.8) is 0 Å². The maximum absolute atomic E-state index is 12.6. The molecule has 1 N–H and O–H groups in total. The standard InChI is InChI=1S/C16H21N3O3S/c1-9-10(2)23-16-17-8-11(15(21)19(9)16)14(20)18-12-6-4-5-7-13(12)22-3/h8,12-13H,4-7H2,1-3H3,(H,18,20)/t12-,13-/m1/s1. The number of amides is 1. The molecule has 1 amide bonds. The zero-order valence-corrected chi connectivity index (χ0v) is 14.4. The summed E-state index contributed by atoms with van der Waals surface area (Å²) in [6.45, 7) is 3.81. The lowest BCUT2D eigenvalue weighted by molar-refractivity contribution is 0.0392. The summed E-state index contributed by atoms with van der Waals surface area (Å²) in [5.41, 5.74) is 0.618. The molecule has 6 nitrogen and oxygen atoms in total. The maximum atomic E-state index is 12.6. The van der Waals surface area contributed by atoms with Crippen LogP contribution >= 0.6 is 11.3 Å². The fraction of sp³-hybridized carbons (Fsp3) is 0.562. The van der Waals surface area contributed by atoms with E-state index in [-0.39, 0.29) is 29.2 Å². The number of methoxy groups -OCH3 is 1. The SMILES string of the molecule is CO[C@@H]1CCCC[C@H]1NC(=O)c1cnc2sc(C)c(C)n2c1=O. The van der Waals surface area contributed by atoms with Crippen LogP contribution in [-0.4, -0.2) is 34.5 Å². The highest BCUT2D eigenvalue weighted by Crippen LogP contribution is 2.21. The van der Waals surface area contributed by atoms with Gasteiger partial charge >= 0.3 is 0 Å². The van der Waals surface area contributed by atoms with Gasteiger partial charge in [0.2, 0.25) is 0 Å². The first kappa shape index (κ1) is 16.1. The third-order valence-electron chi connectivity index (χ3n) is 4.58. The van der Waals surface area contributed by atoms with E-state index in [0.29, 0.717) is 4.96 Å². The van der Waals surface area contributed by atoms with Gasteiger partial charge in [-0.05, 0) is 26.7 Å². The van der Waals surface area contributed by atoms with Crippen LogP contribution in [-0.2, 0) is 4.74 Å². The van der Waals surface area contributed by atoms with Crippen LogP contribution in [0.2, 0.25) is 0 Å². The number of fused-ring (bicyclic) bond motifs is 1. The molecule has 0 saturated heterocycles. The molecule has 0 aromatic carbocycles. The molecule has 23 heavy (non-hydrogen) atoms. The Morgan fingerprint density at radius 1 is 1.39 bits per heavy atom. The molecule has 1 aliphatic rings. The largest absolute Gasteiger partial charge is 0.379 e. The van der Waals surface area contributed by atoms with Gasteiger partial charge in [0.1, 0.15) is 5.56 Å². The van der Waals surface area contributed by atoms with Gasteiger partial charge in [0.25, 0.3) is 11.5 Å². The summed E-state index contributed by atoms with van der Waals surface area (Å²) in [6.07, 6.45) is 5.36. The minimum Gasteiger partial charge on any atom is -0.379 e. The summed E-state index contributed by atoms with van der Waals surface area (Å²) in [7, 11) is 1.66. The minimum absolute atomic E-state index is 0.0114. The Balaban J connectivity index is 1.90. The first-order chi connectivity index (χ1) is 11.0. The number of carbonyl (C=O) groups excluding carboxylic acids is 1. The van der Waals surface area contributed by atoms with E-state index in [9.17, 15) is 9.59 Å². The van der Waals surface area contributed by atoms with Crippen molar-refractivity contribution in [2.75, 3.05) is 7.11 Å². The van der Waals surface area contributed by atoms with Crippen molar-refractivity contribution in [1.82, 2.24) is 14.7 Å². The fourth-order valence-corrected chi connectivity index (χ4v) is 4.05. The van der Waals surface area contributed by atoms with Crippen LogP contribution in [0.25, 0.3) is 4.96 Å². The lowest BCUT2D eigenvalue weighted by Crippen LogP contribution is -2.47. The van der Waals surface area contributed by atoms with E-state index in [4.69, 9.17) is 4.74 Å². The smallest absolute Gasteiger partial charge is 0.271 e. The molecule has 0 aliphatic heterocycles. The second kappa shape index (κ2) is 6.41. The first-order valence-corrected chi connectivity index (χ1v) is 8.66. The number of ether oxygens (including phenoxy) is 1. The lowest BCUT2D eigenvalue weighted by Gasteiger charge is -2.30. The van der Waals surface area contributed by atoms with Gasteiger partial charge in [0.05, 0.1) is 12.1 Å². The van der Waals surface area contributed by atoms with E-state index >= 15 is 0 Å². The molecule has 1 fully saturated rings. The average molecular weight is 335 g/mol. The Morgan fingerprint density at radius 2 is 2.13 bits per heavy atom. The molecular weight excluding hydrogens is 314 g/mol. The molecule has 0 spiro atoms. The first-order valence-electron chi connectivity index (χ1n) is 7.84. The van der Waals surface area contributed by atoms with Crippen molar-refractivity contribution in [2.24, 2.45) is 0 Å². The predicted octanol–water partition coefficient (Wildman–Crippen LogP) is 2.06. The topological polar surface area (TPSA) is 72.7 Å². The lowest BCUT2D eigenvalue weighted by atomic mass is 9.92. The molecule has 7 heteroatoms. The highest BCUT2D eigenvalue weighted by atomic mass is 32.1. The number of carbonyl (C=O) groups is 1. The highest BCUT2D eigenvalue weighted by Gasteiger charge is 2.27. The Kier molecular flexibility index (Phi) is 4.50. The number of rotatable bonds is 3. The molecule has 1 saturated carbocycles. The quantitative estimate of drug-likeness (QED) is 0.932. The maximum Gasteiger partial charge on any atom is 0.271 e. The van der Waals surface area contributed by atoms with Crippen LogP contribution < -0.4 is 10.9 Å². The van der Waals surface area contributed by atoms with Crippen LogP contribution in [0.3, 0.4) is 0 Å². The van der Waals surface area contributed by atoms with Crippen molar-refractivity contribution in [3.05, 3.63) is 32.7 Å². The molecule has 0 radical (unpaired) electrons. The third-order valence-corrected chi connectivity index (χ3v) is 5.66. The molecule has 2 atom stereocenters. The molecule has 0 bridgehead atoms. The van der Waals surface area contributed by atoms with Crippen molar-refractivity contribution < 1.29 is 9.53 Å². The minimum atomic E-state index is -0.367. The normalized spacial score (nSPS) is 21.5. The van der Waals surface area contributed by atoms with Gasteiger partial charge in [-0.3, -0.25) is 14.0 Å². The van der Waals surface area contributed by atoms with Crippen molar-refractivity contribution in [1.29, 1.82) is 0 Å². The van der Waals surface area contributed by atoms with E-state index in [0.717, 1.165) is 36.3 Å². The fourth-order valence-electron chi connectivity index (χ4n) is 3.12. The second-order valence-electron chi connectivity index (χ2n) is 5.98. The number of nitrogens with one attached hydrogen (secondary N) is 1. The summed E-state index contributed by atoms with van der Waals surface area (Å²) in [4.78, 5) is 31.1. The monoisotopic (exact) mass is 335 g/mol. The van der Waals surface area contributed by atoms with Crippen LogP contribution in [0, 0.1) is 13.8 Å². The van der Waals surface area contributed by atoms with E-state index in [1.807, 2.05) is 13.8 Å². The molecule has 2 aromatic rings. The van der Waals surface area contributed by atoms with E-state index in [1.165, 1.54) is 21.9 Å². The van der Waals surface area contributed by atoms with Gasteiger partial charge in [-0.1, -0.05) is 12.8 Å². The zero-order valence-electron chi connectivity index (χ0n) is 13.6. The van der Waals surface area contributed by atoms with Gasteiger partial charge in [0, 0.05) is 23.9 Å². The van der Waals surface area contributed by atoms with Gasteiger partial charge in [0.15, 0.2) is 4.96 Å². The van der Waals surface area contributed by atoms with Crippen LogP contribution in [0.5, 0.6) is 0 Å². The Morgan fingerprint density at radius 3 is 2.87 bits per heavy atom. The van der Waals surface area contributed by atoms with Gasteiger partial charge in [-0.25, -0.2) is 4.98 Å². The van der Waals surface area contributed by atoms with Crippen LogP contribution in [0.1, 0.15) is 46.6 Å². The molecule has 2 heterocycles. The van der Waals surface area contributed by atoms with Crippen molar-refractivity contribution >= 4 is 22.2 Å². The van der Waals surface area contributed by atoms with E-state index in [1.54, 1.807) is 7.11 Å². The average Bonchev–Trinajstić information content (AvgIpc) is 2.83. The molecular formula is C16H21N3O3S. The number of aromatic nitrogens is 2. The zero-order chi connectivity index (χ0) is 16.6. The van der Waals surface area contributed by atoms with Gasteiger partial charge in [-0.15, -0.1) is 11.3 Å². The third kappa shape index (κ3) is 2.90. The Bertz CT molecular complexity index is 796. The summed E-state index contributed by atoms with van der Waals surface area (Å²) in [6, 6.07) is -0.0494. The Labute approximate surface area is 138 Å². The highest BCUT2D eigenvalue weighted by molar-refractivity contribution is 7.17. The second-order valence-corrected chi connectivity index (χ2v) is 7.16. The van der Waals surface area contributed by atoms with Crippen LogP contribution in [0.15, 0.2) is 11.0 Å². The van der Waals surface area contributed by atoms with Crippen molar-refractivity contribution in [2.45, 2.75) is 51.7 Å². The summed E-state index contributed by atoms with van der Waals surface area (Å²) < 4.78 is 6.97. The molecule has 0 unspecified atom stereocenters. The number of aryl methyl sites for hydroxylation is 2. The van der Waals surface area contributed by atoms with Crippen molar-refractivity contribution in [3.8, 4) is 0 Å². The molecule has 124 valence electrons. The van der Waals surface area contributed by atoms with Crippen LogP contribution in [0.4, 0.5) is 0 Å². The summed E-state index contributed by atoms with van der Waals surface area (Å²) >= 11 is 1.45. The number of hydrogen-bond donors (Lipinski definition) is 1. The molecule has 3 rings (SSSR count). The van der Waals surface area contributed by atoms with E-state index in [2.05, 4.69) is 10.3 Å².